The Morgan fingerprint density at radius 2 is 1.55 bits per heavy atom. The number of rotatable bonds is 2. The number of aliphatic hydroxyl groups excluding tert-OH is 1. The van der Waals surface area contributed by atoms with Gasteiger partial charge in [-0.25, -0.2) is 0 Å². The summed E-state index contributed by atoms with van der Waals surface area (Å²) in [4.78, 5) is 0. The van der Waals surface area contributed by atoms with Gasteiger partial charge in [-0.15, -0.1) is 23.5 Å². The predicted molar refractivity (Wildman–Crippen MR) is 125 cm³/mol. The van der Waals surface area contributed by atoms with E-state index < -0.39 is 5.60 Å². The number of aliphatic hydroxyl groups is 2. The molecule has 2 nitrogen and oxygen atoms in total. The second-order valence-electron chi connectivity index (χ2n) is 11.9. The fourth-order valence-electron chi connectivity index (χ4n) is 9.18. The van der Waals surface area contributed by atoms with Gasteiger partial charge in [-0.1, -0.05) is 13.8 Å². The normalized spacial score (nSPS) is 52.9. The molecule has 9 atom stereocenters. The van der Waals surface area contributed by atoms with Crippen LogP contribution in [0.1, 0.15) is 85.0 Å². The van der Waals surface area contributed by atoms with Crippen molar-refractivity contribution in [3.05, 3.63) is 0 Å². The van der Waals surface area contributed by atoms with Crippen LogP contribution in [0.2, 0.25) is 0 Å². The minimum atomic E-state index is -0.540. The number of thioether (sulfide) groups is 2. The highest BCUT2D eigenvalue weighted by molar-refractivity contribution is 8.17. The highest BCUT2D eigenvalue weighted by Gasteiger charge is 2.63. The van der Waals surface area contributed by atoms with Crippen LogP contribution in [0, 0.1) is 40.4 Å². The highest BCUT2D eigenvalue weighted by Crippen LogP contribution is 2.69. The maximum atomic E-state index is 11.8. The van der Waals surface area contributed by atoms with E-state index in [0.29, 0.717) is 21.3 Å². The second-order valence-corrected chi connectivity index (χ2v) is 14.6. The van der Waals surface area contributed by atoms with Crippen molar-refractivity contribution >= 4 is 23.5 Å². The Morgan fingerprint density at radius 3 is 2.31 bits per heavy atom. The van der Waals surface area contributed by atoms with Crippen LogP contribution in [0.5, 0.6) is 0 Å². The quantitative estimate of drug-likeness (QED) is 0.558. The van der Waals surface area contributed by atoms with Crippen LogP contribution in [0.3, 0.4) is 0 Å². The zero-order valence-electron chi connectivity index (χ0n) is 18.7. The van der Waals surface area contributed by atoms with Crippen LogP contribution < -0.4 is 0 Å². The minimum Gasteiger partial charge on any atom is -0.393 e. The van der Waals surface area contributed by atoms with Gasteiger partial charge in [-0.2, -0.15) is 0 Å². The van der Waals surface area contributed by atoms with E-state index in [0.717, 1.165) is 36.5 Å². The number of hydrogen-bond donors (Lipinski definition) is 2. The first-order valence-corrected chi connectivity index (χ1v) is 14.5. The summed E-state index contributed by atoms with van der Waals surface area (Å²) < 4.78 is 0.364. The first-order chi connectivity index (χ1) is 13.8. The van der Waals surface area contributed by atoms with Gasteiger partial charge >= 0.3 is 0 Å². The zero-order valence-corrected chi connectivity index (χ0v) is 20.4. The molecular weight excluding hydrogens is 396 g/mol. The molecule has 0 unspecified atom stereocenters. The van der Waals surface area contributed by atoms with Gasteiger partial charge in [0.05, 0.1) is 16.3 Å². The average molecular weight is 439 g/mol. The minimum absolute atomic E-state index is 0.0464. The SMILES string of the molecule is C[C@]12CC[C@H](O)C[C@@H]1CC[C@@H]1[C@@H]2CC[C@@]2(C)[C@H]1CC[C@@H]2[C@@](C)(O)C1SCCCS1. The fraction of sp³-hybridized carbons (Fsp3) is 1.00. The molecule has 0 spiro atoms. The summed E-state index contributed by atoms with van der Waals surface area (Å²) in [7, 11) is 0. The molecule has 0 aromatic rings. The molecule has 2 N–H and O–H groups in total. The number of fused-ring (bicyclic) bond motifs is 5. The predicted octanol–water partition coefficient (Wildman–Crippen LogP) is 5.95. The molecule has 1 saturated heterocycles. The molecule has 0 bridgehead atoms. The molecule has 29 heavy (non-hydrogen) atoms. The Kier molecular flexibility index (Phi) is 5.62. The van der Waals surface area contributed by atoms with Crippen molar-refractivity contribution in [1.29, 1.82) is 0 Å². The van der Waals surface area contributed by atoms with Gasteiger partial charge in [0.15, 0.2) is 0 Å². The molecule has 166 valence electrons. The first kappa shape index (κ1) is 21.5. The van der Waals surface area contributed by atoms with Gasteiger partial charge in [0, 0.05) is 0 Å². The van der Waals surface area contributed by atoms with Crippen molar-refractivity contribution < 1.29 is 10.2 Å². The Bertz CT molecular complexity index is 618. The van der Waals surface area contributed by atoms with Gasteiger partial charge in [-0.3, -0.25) is 0 Å². The van der Waals surface area contributed by atoms with E-state index in [-0.39, 0.29) is 6.10 Å². The lowest BCUT2D eigenvalue weighted by Gasteiger charge is -2.61. The van der Waals surface area contributed by atoms with E-state index in [1.807, 2.05) is 23.5 Å². The van der Waals surface area contributed by atoms with Crippen molar-refractivity contribution in [2.24, 2.45) is 40.4 Å². The monoisotopic (exact) mass is 438 g/mol. The second kappa shape index (κ2) is 7.59. The maximum Gasteiger partial charge on any atom is 0.0862 e. The first-order valence-electron chi connectivity index (χ1n) is 12.4. The molecule has 4 aliphatic carbocycles. The molecule has 4 heteroatoms. The van der Waals surface area contributed by atoms with E-state index in [1.165, 1.54) is 62.9 Å². The molecule has 0 aromatic carbocycles. The zero-order chi connectivity index (χ0) is 20.4. The molecule has 1 aliphatic heterocycles. The summed E-state index contributed by atoms with van der Waals surface area (Å²) in [6.45, 7) is 7.34. The highest BCUT2D eigenvalue weighted by atomic mass is 32.2. The largest absolute Gasteiger partial charge is 0.393 e. The van der Waals surface area contributed by atoms with Gasteiger partial charge < -0.3 is 10.2 Å². The lowest BCUT2D eigenvalue weighted by Crippen LogP contribution is -2.56. The van der Waals surface area contributed by atoms with E-state index in [4.69, 9.17) is 0 Å². The molecule has 5 rings (SSSR count). The van der Waals surface area contributed by atoms with Crippen LogP contribution in [0.4, 0.5) is 0 Å². The smallest absolute Gasteiger partial charge is 0.0862 e. The van der Waals surface area contributed by atoms with Crippen LogP contribution >= 0.6 is 23.5 Å². The van der Waals surface area contributed by atoms with Crippen molar-refractivity contribution in [3.63, 3.8) is 0 Å². The molecule has 4 saturated carbocycles. The third-order valence-electron chi connectivity index (χ3n) is 10.6. The fourth-order valence-corrected chi connectivity index (χ4v) is 12.4. The van der Waals surface area contributed by atoms with Gasteiger partial charge in [-0.05, 0) is 123 Å². The third kappa shape index (κ3) is 3.28. The van der Waals surface area contributed by atoms with E-state index in [1.54, 1.807) is 0 Å². The lowest BCUT2D eigenvalue weighted by atomic mass is 9.44. The van der Waals surface area contributed by atoms with E-state index >= 15 is 0 Å². The molecule has 0 amide bonds. The van der Waals surface area contributed by atoms with E-state index in [9.17, 15) is 10.2 Å². The molecular formula is C25H42O2S2. The Hall–Kier alpha value is 0.620. The Balaban J connectivity index is 1.38. The van der Waals surface area contributed by atoms with Crippen molar-refractivity contribution in [3.8, 4) is 0 Å². The summed E-state index contributed by atoms with van der Waals surface area (Å²) >= 11 is 4.04. The molecule has 5 aliphatic rings. The van der Waals surface area contributed by atoms with Gasteiger partial charge in [0.1, 0.15) is 0 Å². The Labute approximate surface area is 186 Å². The van der Waals surface area contributed by atoms with Crippen molar-refractivity contribution in [2.75, 3.05) is 11.5 Å². The van der Waals surface area contributed by atoms with Crippen LogP contribution in [-0.4, -0.2) is 38.0 Å². The van der Waals surface area contributed by atoms with Crippen LogP contribution in [-0.2, 0) is 0 Å². The average Bonchev–Trinajstić information content (AvgIpc) is 3.07. The summed E-state index contributed by atoms with van der Waals surface area (Å²) in [6.07, 6.45) is 12.5. The van der Waals surface area contributed by atoms with Crippen LogP contribution in [0.25, 0.3) is 0 Å². The molecule has 5 fully saturated rings. The van der Waals surface area contributed by atoms with E-state index in [2.05, 4.69) is 20.8 Å². The van der Waals surface area contributed by atoms with Gasteiger partial charge in [0.2, 0.25) is 0 Å². The van der Waals surface area contributed by atoms with Crippen molar-refractivity contribution in [1.82, 2.24) is 0 Å². The molecule has 0 aromatic heterocycles. The molecule has 0 radical (unpaired) electrons. The summed E-state index contributed by atoms with van der Waals surface area (Å²) in [5.74, 6) is 6.16. The maximum absolute atomic E-state index is 11.8. The topological polar surface area (TPSA) is 40.5 Å². The molecule has 1 heterocycles. The summed E-state index contributed by atoms with van der Waals surface area (Å²) in [6, 6.07) is 0. The van der Waals surface area contributed by atoms with Crippen molar-refractivity contribution in [2.45, 2.75) is 101 Å². The number of hydrogen-bond acceptors (Lipinski definition) is 4. The van der Waals surface area contributed by atoms with Gasteiger partial charge in [0.25, 0.3) is 0 Å². The standard InChI is InChI=1S/C25H42O2S2/c1-23-11-9-17(26)15-16(23)5-6-18-19-7-8-21(24(19,2)12-10-20(18)23)25(3,27)22-28-13-4-14-29-22/h16-22,26-27H,4-15H2,1-3H3/t16-,17-,18-,19-,20-,21-,23-,24-,25+/m0/s1. The lowest BCUT2D eigenvalue weighted by molar-refractivity contribution is -0.141. The third-order valence-corrected chi connectivity index (χ3v) is 14.1. The summed E-state index contributed by atoms with van der Waals surface area (Å²) in [5.41, 5.74) is 0.238. The Morgan fingerprint density at radius 1 is 0.862 bits per heavy atom. The van der Waals surface area contributed by atoms with Crippen LogP contribution in [0.15, 0.2) is 0 Å². The summed E-state index contributed by atoms with van der Waals surface area (Å²) in [5, 5.41) is 22.1.